The Balaban J connectivity index is 1.70. The largest absolute Gasteiger partial charge is 0.435 e. The summed E-state index contributed by atoms with van der Waals surface area (Å²) in [7, 11) is 0. The van der Waals surface area contributed by atoms with Crippen LogP contribution in [-0.2, 0) is 17.8 Å². The average molecular weight is 491 g/mol. The summed E-state index contributed by atoms with van der Waals surface area (Å²) in [5, 5.41) is 3.56. The minimum atomic E-state index is -4.57. The average Bonchev–Trinajstić information content (AvgIpc) is 3.30. The SMILES string of the molecule is Cc1nc(C(F)(F)F)ccc1-c1cccc(C(C)(C)c2cccc(-n3ccc(C(F)(F)F)n3)n2)n1. The van der Waals surface area contributed by atoms with E-state index in [1.165, 1.54) is 25.3 Å². The molecule has 0 atom stereocenters. The second-order valence-electron chi connectivity index (χ2n) is 8.38. The lowest BCUT2D eigenvalue weighted by Gasteiger charge is -2.25. The van der Waals surface area contributed by atoms with Crippen molar-refractivity contribution in [2.24, 2.45) is 0 Å². The van der Waals surface area contributed by atoms with Crippen LogP contribution in [0, 0.1) is 6.92 Å². The summed E-state index contributed by atoms with van der Waals surface area (Å²) in [6.07, 6.45) is -7.94. The highest BCUT2D eigenvalue weighted by Gasteiger charge is 2.34. The molecule has 5 nitrogen and oxygen atoms in total. The minimum absolute atomic E-state index is 0.182. The van der Waals surface area contributed by atoms with E-state index >= 15 is 0 Å². The van der Waals surface area contributed by atoms with Gasteiger partial charge in [-0.2, -0.15) is 31.4 Å². The van der Waals surface area contributed by atoms with E-state index in [1.807, 2.05) is 13.8 Å². The fourth-order valence-electron chi connectivity index (χ4n) is 3.56. The zero-order chi connectivity index (χ0) is 25.6. The van der Waals surface area contributed by atoms with Gasteiger partial charge in [-0.15, -0.1) is 0 Å². The number of halogens is 6. The summed E-state index contributed by atoms with van der Waals surface area (Å²) in [5.41, 5.74) is -0.648. The van der Waals surface area contributed by atoms with Crippen molar-refractivity contribution in [2.75, 3.05) is 0 Å². The van der Waals surface area contributed by atoms with Crippen LogP contribution in [0.15, 0.2) is 60.8 Å². The second-order valence-corrected chi connectivity index (χ2v) is 8.38. The summed E-state index contributed by atoms with van der Waals surface area (Å²) in [4.78, 5) is 12.8. The third-order valence-corrected chi connectivity index (χ3v) is 5.53. The van der Waals surface area contributed by atoms with Crippen molar-refractivity contribution in [3.05, 3.63) is 89.3 Å². The normalized spacial score (nSPS) is 12.7. The smallest absolute Gasteiger partial charge is 0.252 e. The highest BCUT2D eigenvalue weighted by molar-refractivity contribution is 5.62. The van der Waals surface area contributed by atoms with E-state index < -0.39 is 29.2 Å². The maximum absolute atomic E-state index is 13.0. The number of nitrogens with zero attached hydrogens (tertiary/aromatic N) is 5. The van der Waals surface area contributed by atoms with E-state index in [0.29, 0.717) is 22.6 Å². The first-order valence-corrected chi connectivity index (χ1v) is 10.4. The number of alkyl halides is 6. The standard InChI is InChI=1S/C24H19F6N5/c1-14-15(10-11-19(31-14)23(25,26)27)16-6-4-7-17(32-16)22(2,3)18-8-5-9-21(33-18)35-13-12-20(34-35)24(28,29)30/h4-13H,1-3H3. The maximum Gasteiger partial charge on any atom is 0.435 e. The number of hydrogen-bond donors (Lipinski definition) is 0. The molecule has 182 valence electrons. The molecular weight excluding hydrogens is 472 g/mol. The Morgan fingerprint density at radius 3 is 1.89 bits per heavy atom. The van der Waals surface area contributed by atoms with E-state index in [9.17, 15) is 26.3 Å². The van der Waals surface area contributed by atoms with Crippen LogP contribution in [0.4, 0.5) is 26.3 Å². The van der Waals surface area contributed by atoms with Crippen LogP contribution in [-0.4, -0.2) is 24.7 Å². The van der Waals surface area contributed by atoms with Gasteiger partial charge in [0.05, 0.1) is 17.1 Å². The van der Waals surface area contributed by atoms with Crippen LogP contribution < -0.4 is 0 Å². The van der Waals surface area contributed by atoms with Crippen molar-refractivity contribution in [1.82, 2.24) is 24.7 Å². The number of aromatic nitrogens is 5. The Morgan fingerprint density at radius 1 is 0.657 bits per heavy atom. The van der Waals surface area contributed by atoms with Crippen molar-refractivity contribution in [2.45, 2.75) is 38.5 Å². The minimum Gasteiger partial charge on any atom is -0.252 e. The quantitative estimate of drug-likeness (QED) is 0.310. The van der Waals surface area contributed by atoms with Gasteiger partial charge in [-0.3, -0.25) is 4.98 Å². The molecule has 0 saturated carbocycles. The van der Waals surface area contributed by atoms with Crippen LogP contribution in [0.25, 0.3) is 17.1 Å². The molecule has 0 aromatic carbocycles. The van der Waals surface area contributed by atoms with Crippen molar-refractivity contribution >= 4 is 0 Å². The van der Waals surface area contributed by atoms with Crippen LogP contribution in [0.5, 0.6) is 0 Å². The molecule has 4 heterocycles. The summed E-state index contributed by atoms with van der Waals surface area (Å²) < 4.78 is 78.8. The van der Waals surface area contributed by atoms with Crippen molar-refractivity contribution in [3.63, 3.8) is 0 Å². The van der Waals surface area contributed by atoms with Gasteiger partial charge in [0.15, 0.2) is 11.5 Å². The Morgan fingerprint density at radius 2 is 1.29 bits per heavy atom. The molecule has 35 heavy (non-hydrogen) atoms. The molecule has 0 N–H and O–H groups in total. The molecule has 0 bridgehead atoms. The van der Waals surface area contributed by atoms with Gasteiger partial charge in [-0.25, -0.2) is 14.6 Å². The van der Waals surface area contributed by atoms with Crippen LogP contribution >= 0.6 is 0 Å². The third-order valence-electron chi connectivity index (χ3n) is 5.53. The first kappa shape index (κ1) is 24.4. The van der Waals surface area contributed by atoms with Crippen molar-refractivity contribution in [3.8, 4) is 17.1 Å². The number of hydrogen-bond acceptors (Lipinski definition) is 4. The van der Waals surface area contributed by atoms with E-state index in [0.717, 1.165) is 16.8 Å². The van der Waals surface area contributed by atoms with Crippen molar-refractivity contribution in [1.29, 1.82) is 0 Å². The van der Waals surface area contributed by atoms with Gasteiger partial charge in [0.2, 0.25) is 0 Å². The van der Waals surface area contributed by atoms with Crippen LogP contribution in [0.2, 0.25) is 0 Å². The Hall–Kier alpha value is -3.76. The molecule has 0 spiro atoms. The van der Waals surface area contributed by atoms with E-state index in [1.54, 1.807) is 30.3 Å². The Labute approximate surface area is 196 Å². The zero-order valence-corrected chi connectivity index (χ0v) is 18.8. The summed E-state index contributed by atoms with van der Waals surface area (Å²) in [6.45, 7) is 5.16. The Kier molecular flexibility index (Phi) is 5.90. The van der Waals surface area contributed by atoms with Gasteiger partial charge < -0.3 is 0 Å². The predicted molar refractivity (Wildman–Crippen MR) is 116 cm³/mol. The molecule has 0 aliphatic rings. The van der Waals surface area contributed by atoms with Gasteiger partial charge in [-0.1, -0.05) is 12.1 Å². The molecule has 0 unspecified atom stereocenters. The van der Waals surface area contributed by atoms with Crippen LogP contribution in [0.1, 0.15) is 42.3 Å². The molecule has 4 rings (SSSR count). The molecule has 11 heteroatoms. The lowest BCUT2D eigenvalue weighted by Crippen LogP contribution is -2.23. The van der Waals surface area contributed by atoms with Gasteiger partial charge in [0, 0.05) is 22.9 Å². The maximum atomic E-state index is 13.0. The summed E-state index contributed by atoms with van der Waals surface area (Å²) in [5.74, 6) is 0.199. The third kappa shape index (κ3) is 4.89. The van der Waals surface area contributed by atoms with Gasteiger partial charge >= 0.3 is 12.4 Å². The molecule has 0 saturated heterocycles. The summed E-state index contributed by atoms with van der Waals surface area (Å²) in [6, 6.07) is 13.2. The second kappa shape index (κ2) is 8.47. The Bertz CT molecular complexity index is 1370. The monoisotopic (exact) mass is 491 g/mol. The highest BCUT2D eigenvalue weighted by Crippen LogP contribution is 2.33. The fraction of sp³-hybridized carbons (Fsp3) is 0.250. The molecule has 0 aliphatic heterocycles. The lowest BCUT2D eigenvalue weighted by atomic mass is 9.84. The molecule has 4 aromatic heterocycles. The summed E-state index contributed by atoms with van der Waals surface area (Å²) >= 11 is 0. The molecule has 4 aromatic rings. The van der Waals surface area contributed by atoms with E-state index in [-0.39, 0.29) is 11.5 Å². The number of rotatable bonds is 4. The van der Waals surface area contributed by atoms with Crippen molar-refractivity contribution < 1.29 is 26.3 Å². The fourth-order valence-corrected chi connectivity index (χ4v) is 3.56. The van der Waals surface area contributed by atoms with Crippen LogP contribution in [0.3, 0.4) is 0 Å². The zero-order valence-electron chi connectivity index (χ0n) is 18.8. The highest BCUT2D eigenvalue weighted by atomic mass is 19.4. The van der Waals surface area contributed by atoms with E-state index in [4.69, 9.17) is 0 Å². The molecule has 0 radical (unpaired) electrons. The predicted octanol–water partition coefficient (Wildman–Crippen LogP) is 6.40. The first-order chi connectivity index (χ1) is 16.3. The number of aryl methyl sites for hydroxylation is 1. The molecule has 0 amide bonds. The topological polar surface area (TPSA) is 56.5 Å². The van der Waals surface area contributed by atoms with E-state index in [2.05, 4.69) is 20.1 Å². The molecular formula is C24H19F6N5. The van der Waals surface area contributed by atoms with Gasteiger partial charge in [0.25, 0.3) is 0 Å². The number of pyridine rings is 3. The lowest BCUT2D eigenvalue weighted by molar-refractivity contribution is -0.142. The van der Waals surface area contributed by atoms with Gasteiger partial charge in [-0.05, 0) is 63.2 Å². The molecule has 0 aliphatic carbocycles. The molecule has 0 fully saturated rings. The van der Waals surface area contributed by atoms with Gasteiger partial charge in [0.1, 0.15) is 5.69 Å². The first-order valence-electron chi connectivity index (χ1n) is 10.4.